The number of amides is 1. The van der Waals surface area contributed by atoms with Gasteiger partial charge in [-0.05, 0) is 19.3 Å². The van der Waals surface area contributed by atoms with Gasteiger partial charge in [-0.3, -0.25) is 4.79 Å². The molecule has 0 saturated carbocycles. The number of unbranched alkanes of at least 4 members (excludes halogenated alkanes) is 30. The largest absolute Gasteiger partial charge is 0.394 e. The Balaban J connectivity index is 3.59. The summed E-state index contributed by atoms with van der Waals surface area (Å²) in [4.78, 5) is 12.4. The standard InChI is InChI=1S/C42H83NO4/c1-3-5-7-9-11-13-15-16-17-18-19-20-21-22-23-24-25-27-29-31-33-35-37-41(46)42(47)43-39(38-44)40(45)36-34-32-30-28-26-14-12-10-8-6-4-2/h34,36,39-41,44-46H,3-33,35,37-38H2,1-2H3,(H,43,47)/b36-34+/t39-,40+,41-/m0/s1. The van der Waals surface area contributed by atoms with Crippen LogP contribution in [0.5, 0.6) is 0 Å². The van der Waals surface area contributed by atoms with Crippen molar-refractivity contribution in [1.29, 1.82) is 0 Å². The van der Waals surface area contributed by atoms with Gasteiger partial charge in [-0.15, -0.1) is 0 Å². The number of rotatable bonds is 38. The molecule has 280 valence electrons. The zero-order valence-electron chi connectivity index (χ0n) is 31.7. The van der Waals surface area contributed by atoms with Crippen molar-refractivity contribution in [1.82, 2.24) is 5.32 Å². The Morgan fingerprint density at radius 1 is 0.511 bits per heavy atom. The summed E-state index contributed by atoms with van der Waals surface area (Å²) in [6, 6.07) is -0.791. The molecule has 0 spiro atoms. The highest BCUT2D eigenvalue weighted by atomic mass is 16.3. The number of aliphatic hydroxyl groups excluding tert-OH is 3. The van der Waals surface area contributed by atoms with Crippen LogP contribution in [0, 0.1) is 0 Å². The second-order valence-corrected chi connectivity index (χ2v) is 14.6. The molecule has 0 aromatic heterocycles. The molecule has 0 rings (SSSR count). The van der Waals surface area contributed by atoms with E-state index in [9.17, 15) is 20.1 Å². The molecule has 0 bridgehead atoms. The van der Waals surface area contributed by atoms with E-state index in [-0.39, 0.29) is 6.61 Å². The maximum Gasteiger partial charge on any atom is 0.249 e. The van der Waals surface area contributed by atoms with Gasteiger partial charge in [-0.25, -0.2) is 0 Å². The van der Waals surface area contributed by atoms with Crippen LogP contribution in [-0.4, -0.2) is 46.1 Å². The third-order valence-corrected chi connectivity index (χ3v) is 9.88. The Labute approximate surface area is 293 Å². The molecule has 0 aliphatic rings. The lowest BCUT2D eigenvalue weighted by Crippen LogP contribution is -2.48. The molecule has 1 amide bonds. The molecule has 47 heavy (non-hydrogen) atoms. The van der Waals surface area contributed by atoms with Crippen molar-refractivity contribution < 1.29 is 20.1 Å². The average molecular weight is 666 g/mol. The molecular formula is C42H83NO4. The monoisotopic (exact) mass is 666 g/mol. The van der Waals surface area contributed by atoms with Gasteiger partial charge < -0.3 is 20.6 Å². The molecule has 0 heterocycles. The zero-order valence-corrected chi connectivity index (χ0v) is 31.7. The van der Waals surface area contributed by atoms with Crippen molar-refractivity contribution in [3.8, 4) is 0 Å². The van der Waals surface area contributed by atoms with E-state index in [1.165, 1.54) is 173 Å². The van der Waals surface area contributed by atoms with Crippen molar-refractivity contribution in [2.24, 2.45) is 0 Å². The molecule has 0 fully saturated rings. The minimum Gasteiger partial charge on any atom is -0.394 e. The third-order valence-electron chi connectivity index (χ3n) is 9.88. The first-order valence-corrected chi connectivity index (χ1v) is 21.0. The van der Waals surface area contributed by atoms with Gasteiger partial charge >= 0.3 is 0 Å². The minimum absolute atomic E-state index is 0.360. The first-order valence-electron chi connectivity index (χ1n) is 21.0. The van der Waals surface area contributed by atoms with Crippen LogP contribution in [0.25, 0.3) is 0 Å². The van der Waals surface area contributed by atoms with Gasteiger partial charge in [0.2, 0.25) is 5.91 Å². The van der Waals surface area contributed by atoms with E-state index < -0.39 is 24.2 Å². The Morgan fingerprint density at radius 2 is 0.830 bits per heavy atom. The van der Waals surface area contributed by atoms with E-state index in [4.69, 9.17) is 0 Å². The number of hydrogen-bond donors (Lipinski definition) is 4. The molecule has 0 aromatic rings. The number of carbonyl (C=O) groups excluding carboxylic acids is 1. The SMILES string of the molecule is CCCCCCCCCCC/C=C/[C@@H](O)[C@H](CO)NC(=O)[C@@H](O)CCCCCCCCCCCCCCCCCCCCCCCC. The summed E-state index contributed by atoms with van der Waals surface area (Å²) in [5, 5.41) is 33.0. The zero-order chi connectivity index (χ0) is 34.5. The van der Waals surface area contributed by atoms with Crippen LogP contribution < -0.4 is 5.32 Å². The van der Waals surface area contributed by atoms with Crippen LogP contribution in [0.4, 0.5) is 0 Å². The lowest BCUT2D eigenvalue weighted by Gasteiger charge is -2.21. The van der Waals surface area contributed by atoms with Crippen LogP contribution in [0.15, 0.2) is 12.2 Å². The molecule has 0 unspecified atom stereocenters. The van der Waals surface area contributed by atoms with E-state index in [0.29, 0.717) is 6.42 Å². The molecular weight excluding hydrogens is 582 g/mol. The van der Waals surface area contributed by atoms with Gasteiger partial charge in [-0.1, -0.05) is 219 Å². The number of aliphatic hydroxyl groups is 3. The molecule has 5 heteroatoms. The van der Waals surface area contributed by atoms with Crippen molar-refractivity contribution in [3.63, 3.8) is 0 Å². The summed E-state index contributed by atoms with van der Waals surface area (Å²) < 4.78 is 0. The lowest BCUT2D eigenvalue weighted by molar-refractivity contribution is -0.131. The molecule has 0 aromatic carbocycles. The smallest absolute Gasteiger partial charge is 0.249 e. The Bertz CT molecular complexity index is 655. The van der Waals surface area contributed by atoms with Crippen LogP contribution in [0.1, 0.15) is 226 Å². The fraction of sp³-hybridized carbons (Fsp3) is 0.929. The van der Waals surface area contributed by atoms with Gasteiger partial charge in [0.1, 0.15) is 6.10 Å². The molecule has 0 aliphatic heterocycles. The van der Waals surface area contributed by atoms with Gasteiger partial charge in [0.25, 0.3) is 0 Å². The van der Waals surface area contributed by atoms with E-state index in [1.807, 2.05) is 6.08 Å². The van der Waals surface area contributed by atoms with Crippen LogP contribution in [0.2, 0.25) is 0 Å². The molecule has 4 N–H and O–H groups in total. The summed E-state index contributed by atoms with van der Waals surface area (Å²) in [7, 11) is 0. The third kappa shape index (κ3) is 33.4. The van der Waals surface area contributed by atoms with Crippen LogP contribution in [0.3, 0.4) is 0 Å². The predicted molar refractivity (Wildman–Crippen MR) is 204 cm³/mol. The topological polar surface area (TPSA) is 89.8 Å². The van der Waals surface area contributed by atoms with Crippen molar-refractivity contribution >= 4 is 5.91 Å². The van der Waals surface area contributed by atoms with Gasteiger partial charge in [0.05, 0.1) is 18.8 Å². The van der Waals surface area contributed by atoms with E-state index >= 15 is 0 Å². The number of nitrogens with one attached hydrogen (secondary N) is 1. The highest BCUT2D eigenvalue weighted by Crippen LogP contribution is 2.16. The molecule has 3 atom stereocenters. The van der Waals surface area contributed by atoms with E-state index in [2.05, 4.69) is 19.2 Å². The number of carbonyl (C=O) groups is 1. The Morgan fingerprint density at radius 3 is 1.17 bits per heavy atom. The number of allylic oxidation sites excluding steroid dienone is 1. The van der Waals surface area contributed by atoms with Crippen molar-refractivity contribution in [2.75, 3.05) is 6.61 Å². The first-order chi connectivity index (χ1) is 23.1. The summed E-state index contributed by atoms with van der Waals surface area (Å²) in [6.07, 6.45) is 43.9. The second kappa shape index (κ2) is 37.9. The van der Waals surface area contributed by atoms with Gasteiger partial charge in [0.15, 0.2) is 0 Å². The fourth-order valence-electron chi connectivity index (χ4n) is 6.54. The maximum atomic E-state index is 12.4. The minimum atomic E-state index is -1.09. The van der Waals surface area contributed by atoms with E-state index in [1.54, 1.807) is 6.08 Å². The van der Waals surface area contributed by atoms with Gasteiger partial charge in [-0.2, -0.15) is 0 Å². The molecule has 0 aliphatic carbocycles. The summed E-state index contributed by atoms with van der Waals surface area (Å²) in [5.41, 5.74) is 0. The van der Waals surface area contributed by atoms with Crippen LogP contribution >= 0.6 is 0 Å². The summed E-state index contributed by atoms with van der Waals surface area (Å²) >= 11 is 0. The lowest BCUT2D eigenvalue weighted by atomic mass is 10.0. The first kappa shape index (κ1) is 46.1. The molecule has 0 radical (unpaired) electrons. The van der Waals surface area contributed by atoms with Crippen molar-refractivity contribution in [3.05, 3.63) is 12.2 Å². The second-order valence-electron chi connectivity index (χ2n) is 14.6. The number of hydrogen-bond acceptors (Lipinski definition) is 4. The van der Waals surface area contributed by atoms with Gasteiger partial charge in [0, 0.05) is 0 Å². The van der Waals surface area contributed by atoms with Crippen molar-refractivity contribution in [2.45, 2.75) is 244 Å². The molecule has 5 nitrogen and oxygen atoms in total. The summed E-state index contributed by atoms with van der Waals surface area (Å²) in [5.74, 6) is -0.501. The highest BCUT2D eigenvalue weighted by molar-refractivity contribution is 5.80. The highest BCUT2D eigenvalue weighted by Gasteiger charge is 2.22. The Kier molecular flexibility index (Phi) is 37.2. The maximum absolute atomic E-state index is 12.4. The Hall–Kier alpha value is -0.910. The average Bonchev–Trinajstić information content (AvgIpc) is 3.07. The quantitative estimate of drug-likeness (QED) is 0.0390. The normalized spacial score (nSPS) is 13.7. The molecule has 0 saturated heterocycles. The summed E-state index contributed by atoms with van der Waals surface area (Å²) in [6.45, 7) is 4.17. The van der Waals surface area contributed by atoms with Crippen LogP contribution in [-0.2, 0) is 4.79 Å². The fourth-order valence-corrected chi connectivity index (χ4v) is 6.54. The van der Waals surface area contributed by atoms with E-state index in [0.717, 1.165) is 32.1 Å². The predicted octanol–water partition coefficient (Wildman–Crippen LogP) is 11.7.